The fraction of sp³-hybridized carbons (Fsp3) is 0.591. The minimum absolute atomic E-state index is 0.0249. The molecule has 1 aliphatic rings. The van der Waals surface area contributed by atoms with Gasteiger partial charge in [0, 0.05) is 10.6 Å². The Labute approximate surface area is 172 Å². The summed E-state index contributed by atoms with van der Waals surface area (Å²) in [6, 6.07) is 7.33. The Kier molecular flexibility index (Phi) is 6.76. The highest BCUT2D eigenvalue weighted by Crippen LogP contribution is 2.39. The maximum Gasteiger partial charge on any atom is 0.313 e. The Morgan fingerprint density at radius 1 is 1.32 bits per heavy atom. The lowest BCUT2D eigenvalue weighted by molar-refractivity contribution is -0.157. The molecule has 0 aliphatic heterocycles. The molecule has 0 saturated heterocycles. The van der Waals surface area contributed by atoms with Crippen molar-refractivity contribution in [3.05, 3.63) is 35.1 Å². The summed E-state index contributed by atoms with van der Waals surface area (Å²) in [4.78, 5) is 16.9. The lowest BCUT2D eigenvalue weighted by Crippen LogP contribution is -2.39. The first-order valence-electron chi connectivity index (χ1n) is 10.2. The van der Waals surface area contributed by atoms with Gasteiger partial charge in [0.2, 0.25) is 0 Å². The Morgan fingerprint density at radius 3 is 2.68 bits per heavy atom. The van der Waals surface area contributed by atoms with E-state index in [0.29, 0.717) is 28.5 Å². The monoisotopic (exact) mass is 403 g/mol. The average molecular weight is 404 g/mol. The molecule has 0 bridgehead atoms. The first kappa shape index (κ1) is 20.8. The van der Waals surface area contributed by atoms with Crippen LogP contribution in [0.2, 0.25) is 5.02 Å². The van der Waals surface area contributed by atoms with E-state index < -0.39 is 0 Å². The molecular weight excluding hydrogens is 374 g/mol. The molecule has 2 aromatic rings. The van der Waals surface area contributed by atoms with Crippen molar-refractivity contribution in [3.63, 3.8) is 0 Å². The number of H-pyrrole nitrogens is 1. The molecule has 1 heterocycles. The summed E-state index contributed by atoms with van der Waals surface area (Å²) in [5, 5.41) is 7.66. The van der Waals surface area contributed by atoms with E-state index in [1.807, 2.05) is 12.1 Å². The van der Waals surface area contributed by atoms with E-state index in [2.05, 4.69) is 42.9 Å². The first-order valence-corrected chi connectivity index (χ1v) is 10.6. The van der Waals surface area contributed by atoms with Crippen LogP contribution in [0.15, 0.2) is 24.3 Å². The van der Waals surface area contributed by atoms with Crippen molar-refractivity contribution in [1.29, 1.82) is 0 Å². The number of carbonyl (C=O) groups is 1. The highest BCUT2D eigenvalue weighted by atomic mass is 35.5. The molecule has 6 heteroatoms. The summed E-state index contributed by atoms with van der Waals surface area (Å²) in [6.07, 6.45) is 3.52. The molecule has 1 aromatic carbocycles. The molecule has 5 nitrogen and oxygen atoms in total. The second kappa shape index (κ2) is 9.08. The van der Waals surface area contributed by atoms with Crippen LogP contribution in [-0.2, 0) is 16.0 Å². The summed E-state index contributed by atoms with van der Waals surface area (Å²) in [5.74, 6) is 2.99. The van der Waals surface area contributed by atoms with Crippen molar-refractivity contribution in [1.82, 2.24) is 15.2 Å². The van der Waals surface area contributed by atoms with E-state index in [1.54, 1.807) is 12.1 Å². The molecule has 0 radical (unpaired) electrons. The third-order valence-corrected chi connectivity index (χ3v) is 6.35. The van der Waals surface area contributed by atoms with Crippen LogP contribution in [-0.4, -0.2) is 27.3 Å². The largest absolute Gasteiger partial charge is 0.461 e. The Hall–Kier alpha value is -1.88. The zero-order valence-electron chi connectivity index (χ0n) is 17.1. The SMILES string of the molecule is CCC(C)C1CC(C)C(OC(=O)Cc2nc(-c3cccc(Cl)c3)n[nH]2)C(C)C1. The summed E-state index contributed by atoms with van der Waals surface area (Å²) in [7, 11) is 0. The van der Waals surface area contributed by atoms with E-state index in [-0.39, 0.29) is 18.5 Å². The Balaban J connectivity index is 1.59. The van der Waals surface area contributed by atoms with Crippen molar-refractivity contribution >= 4 is 17.6 Å². The fourth-order valence-electron chi connectivity index (χ4n) is 4.37. The van der Waals surface area contributed by atoms with Gasteiger partial charge >= 0.3 is 5.97 Å². The van der Waals surface area contributed by atoms with E-state index >= 15 is 0 Å². The summed E-state index contributed by atoms with van der Waals surface area (Å²) in [5.41, 5.74) is 0.814. The molecule has 1 aromatic heterocycles. The quantitative estimate of drug-likeness (QED) is 0.664. The third kappa shape index (κ3) is 4.93. The molecule has 1 N–H and O–H groups in total. The minimum Gasteiger partial charge on any atom is -0.461 e. The van der Waals surface area contributed by atoms with E-state index in [0.717, 1.165) is 30.2 Å². The first-order chi connectivity index (χ1) is 13.4. The van der Waals surface area contributed by atoms with E-state index in [9.17, 15) is 4.79 Å². The topological polar surface area (TPSA) is 67.9 Å². The molecule has 1 saturated carbocycles. The van der Waals surface area contributed by atoms with Crippen molar-refractivity contribution in [2.24, 2.45) is 23.7 Å². The van der Waals surface area contributed by atoms with E-state index in [1.165, 1.54) is 6.42 Å². The van der Waals surface area contributed by atoms with Crippen LogP contribution in [0.5, 0.6) is 0 Å². The summed E-state index contributed by atoms with van der Waals surface area (Å²) < 4.78 is 5.87. The van der Waals surface area contributed by atoms with Crippen LogP contribution in [0.1, 0.15) is 52.8 Å². The van der Waals surface area contributed by atoms with Crippen molar-refractivity contribution in [2.75, 3.05) is 0 Å². The number of hydrogen-bond donors (Lipinski definition) is 1. The molecule has 0 amide bonds. The van der Waals surface area contributed by atoms with Gasteiger partial charge in [0.15, 0.2) is 5.82 Å². The van der Waals surface area contributed by atoms with Crippen LogP contribution < -0.4 is 0 Å². The highest BCUT2D eigenvalue weighted by molar-refractivity contribution is 6.30. The van der Waals surface area contributed by atoms with Crippen molar-refractivity contribution in [2.45, 2.75) is 59.5 Å². The predicted octanol–water partition coefficient (Wildman–Crippen LogP) is 5.31. The molecule has 3 atom stereocenters. The van der Waals surface area contributed by atoms with Gasteiger partial charge in [-0.2, -0.15) is 5.10 Å². The van der Waals surface area contributed by atoms with Crippen LogP contribution in [0, 0.1) is 23.7 Å². The molecule has 3 unspecified atom stereocenters. The number of carbonyl (C=O) groups excluding carboxylic acids is 1. The molecule has 0 spiro atoms. The van der Waals surface area contributed by atoms with Crippen molar-refractivity contribution < 1.29 is 9.53 Å². The van der Waals surface area contributed by atoms with Gasteiger partial charge in [-0.1, -0.05) is 57.8 Å². The highest BCUT2D eigenvalue weighted by Gasteiger charge is 2.37. The normalized spacial score (nSPS) is 26.0. The molecule has 1 aliphatic carbocycles. The maximum atomic E-state index is 12.5. The van der Waals surface area contributed by atoms with Gasteiger partial charge in [-0.3, -0.25) is 9.89 Å². The van der Waals surface area contributed by atoms with Gasteiger partial charge in [0.1, 0.15) is 18.3 Å². The number of halogens is 1. The number of esters is 1. The minimum atomic E-state index is -0.250. The van der Waals surface area contributed by atoms with Crippen LogP contribution in [0.3, 0.4) is 0 Å². The number of hydrogen-bond acceptors (Lipinski definition) is 4. The number of aromatic nitrogens is 3. The maximum absolute atomic E-state index is 12.5. The summed E-state index contributed by atoms with van der Waals surface area (Å²) >= 11 is 6.02. The van der Waals surface area contributed by atoms with Gasteiger partial charge < -0.3 is 4.74 Å². The van der Waals surface area contributed by atoms with Crippen LogP contribution in [0.25, 0.3) is 11.4 Å². The zero-order valence-corrected chi connectivity index (χ0v) is 17.9. The number of benzene rings is 1. The van der Waals surface area contributed by atoms with Gasteiger partial charge in [-0.25, -0.2) is 4.98 Å². The number of ether oxygens (including phenoxy) is 1. The molecule has 1 fully saturated rings. The molecule has 152 valence electrons. The van der Waals surface area contributed by atoms with Gasteiger partial charge in [0.05, 0.1) is 0 Å². The van der Waals surface area contributed by atoms with Crippen LogP contribution in [0.4, 0.5) is 0 Å². The molecular formula is C22H30ClN3O2. The number of aromatic amines is 1. The molecule has 28 heavy (non-hydrogen) atoms. The zero-order chi connectivity index (χ0) is 20.3. The fourth-order valence-corrected chi connectivity index (χ4v) is 4.56. The lowest BCUT2D eigenvalue weighted by atomic mass is 9.70. The van der Waals surface area contributed by atoms with Crippen LogP contribution >= 0.6 is 11.6 Å². The van der Waals surface area contributed by atoms with E-state index in [4.69, 9.17) is 16.3 Å². The van der Waals surface area contributed by atoms with Gasteiger partial charge in [-0.05, 0) is 48.6 Å². The van der Waals surface area contributed by atoms with Crippen molar-refractivity contribution in [3.8, 4) is 11.4 Å². The summed E-state index contributed by atoms with van der Waals surface area (Å²) in [6.45, 7) is 8.99. The Bertz CT molecular complexity index is 795. The standard InChI is InChI=1S/C22H30ClN3O2/c1-5-13(2)17-9-14(3)21(15(4)10-17)28-20(27)12-19-24-22(26-25-19)16-7-6-8-18(23)11-16/h6-8,11,13-15,17,21H,5,9-10,12H2,1-4H3,(H,24,25,26). The molecule has 3 rings (SSSR count). The second-order valence-electron chi connectivity index (χ2n) is 8.32. The smallest absolute Gasteiger partial charge is 0.313 e. The number of rotatable bonds is 6. The number of nitrogens with one attached hydrogen (secondary N) is 1. The Morgan fingerprint density at radius 2 is 2.04 bits per heavy atom. The lowest BCUT2D eigenvalue weighted by Gasteiger charge is -2.40. The number of nitrogens with zero attached hydrogens (tertiary/aromatic N) is 2. The third-order valence-electron chi connectivity index (χ3n) is 6.11. The second-order valence-corrected chi connectivity index (χ2v) is 8.76. The average Bonchev–Trinajstić information content (AvgIpc) is 3.12. The predicted molar refractivity (Wildman–Crippen MR) is 111 cm³/mol. The van der Waals surface area contributed by atoms with Gasteiger partial charge in [-0.15, -0.1) is 0 Å². The van der Waals surface area contributed by atoms with Gasteiger partial charge in [0.25, 0.3) is 0 Å².